The quantitative estimate of drug-likeness (QED) is 0.785. The van der Waals surface area contributed by atoms with Gasteiger partial charge < -0.3 is 10.6 Å². The van der Waals surface area contributed by atoms with E-state index in [1.165, 1.54) is 5.57 Å². The summed E-state index contributed by atoms with van der Waals surface area (Å²) in [4.78, 5) is 26.3. The van der Waals surface area contributed by atoms with Crippen molar-refractivity contribution in [3.8, 4) is 0 Å². The van der Waals surface area contributed by atoms with Gasteiger partial charge in [-0.2, -0.15) is 0 Å². The number of hydrogen-bond acceptors (Lipinski definition) is 3. The van der Waals surface area contributed by atoms with Gasteiger partial charge in [-0.25, -0.2) is 0 Å². The molecule has 2 rings (SSSR count). The molecule has 1 aromatic carbocycles. The molecular weight excluding hydrogens is 302 g/mol. The highest BCUT2D eigenvalue weighted by Crippen LogP contribution is 2.10. The number of likely N-dealkylation sites (tertiary alicyclic amines) is 1. The van der Waals surface area contributed by atoms with Crippen LogP contribution in [0.2, 0.25) is 0 Å². The van der Waals surface area contributed by atoms with E-state index >= 15 is 0 Å². The number of nitrogens with zero attached hydrogens (tertiary/aromatic N) is 1. The van der Waals surface area contributed by atoms with E-state index in [1.807, 2.05) is 6.07 Å². The van der Waals surface area contributed by atoms with Crippen LogP contribution in [-0.2, 0) is 4.79 Å². The van der Waals surface area contributed by atoms with Crippen molar-refractivity contribution in [1.29, 1.82) is 0 Å². The Labute approximate surface area is 144 Å². The molecule has 0 atom stereocenters. The molecule has 0 bridgehead atoms. The Hall–Kier alpha value is -2.14. The Kier molecular flexibility index (Phi) is 7.00. The Balaban J connectivity index is 1.67. The van der Waals surface area contributed by atoms with Gasteiger partial charge in [0, 0.05) is 31.2 Å². The van der Waals surface area contributed by atoms with Crippen LogP contribution in [0.25, 0.3) is 0 Å². The highest BCUT2D eigenvalue weighted by molar-refractivity contribution is 5.96. The third-order valence-electron chi connectivity index (χ3n) is 4.16. The second-order valence-corrected chi connectivity index (χ2v) is 6.47. The van der Waals surface area contributed by atoms with Gasteiger partial charge in [-0.1, -0.05) is 29.8 Å². The second kappa shape index (κ2) is 9.23. The highest BCUT2D eigenvalue weighted by atomic mass is 16.2. The zero-order valence-corrected chi connectivity index (χ0v) is 14.5. The number of rotatable bonds is 6. The number of nitrogens with one attached hydrogen (secondary N) is 2. The minimum atomic E-state index is -0.220. The molecule has 0 aliphatic carbocycles. The molecular formula is C19H27N3O2. The molecule has 0 unspecified atom stereocenters. The molecule has 1 aliphatic heterocycles. The Morgan fingerprint density at radius 1 is 1.17 bits per heavy atom. The molecule has 1 heterocycles. The van der Waals surface area contributed by atoms with E-state index in [1.54, 1.807) is 24.3 Å². The fourth-order valence-corrected chi connectivity index (χ4v) is 2.70. The van der Waals surface area contributed by atoms with Gasteiger partial charge in [0.05, 0.1) is 6.54 Å². The highest BCUT2D eigenvalue weighted by Gasteiger charge is 2.20. The monoisotopic (exact) mass is 329 g/mol. The smallest absolute Gasteiger partial charge is 0.251 e. The summed E-state index contributed by atoms with van der Waals surface area (Å²) in [6.45, 7) is 7.20. The molecule has 1 saturated heterocycles. The van der Waals surface area contributed by atoms with Crippen LogP contribution in [0.4, 0.5) is 0 Å². The lowest BCUT2D eigenvalue weighted by Gasteiger charge is -2.31. The maximum absolute atomic E-state index is 12.0. The van der Waals surface area contributed by atoms with Crippen molar-refractivity contribution in [3.05, 3.63) is 47.5 Å². The lowest BCUT2D eigenvalue weighted by Crippen LogP contribution is -2.47. The lowest BCUT2D eigenvalue weighted by atomic mass is 10.0. The Morgan fingerprint density at radius 2 is 1.83 bits per heavy atom. The van der Waals surface area contributed by atoms with Gasteiger partial charge in [-0.15, -0.1) is 0 Å². The molecule has 2 amide bonds. The van der Waals surface area contributed by atoms with Gasteiger partial charge in [0.2, 0.25) is 5.91 Å². The topological polar surface area (TPSA) is 61.4 Å². The number of hydrogen-bond donors (Lipinski definition) is 2. The maximum Gasteiger partial charge on any atom is 0.251 e. The standard InChI is InChI=1S/C19H27N3O2/c1-15(2)8-11-22-12-9-17(10-13-22)21-18(23)14-20-19(24)16-6-4-3-5-7-16/h3-8,17H,9-14H2,1-2H3,(H,20,24)(H,21,23). The van der Waals surface area contributed by atoms with E-state index < -0.39 is 0 Å². The summed E-state index contributed by atoms with van der Waals surface area (Å²) in [5.41, 5.74) is 1.90. The van der Waals surface area contributed by atoms with Gasteiger partial charge in [0.1, 0.15) is 0 Å². The van der Waals surface area contributed by atoms with Crippen LogP contribution in [-0.4, -0.2) is 48.9 Å². The average Bonchev–Trinajstić information content (AvgIpc) is 2.60. The molecule has 0 saturated carbocycles. The van der Waals surface area contributed by atoms with Crippen molar-refractivity contribution in [2.75, 3.05) is 26.2 Å². The molecule has 1 aromatic rings. The van der Waals surface area contributed by atoms with Crippen molar-refractivity contribution in [2.45, 2.75) is 32.7 Å². The van der Waals surface area contributed by atoms with Gasteiger partial charge in [0.25, 0.3) is 5.91 Å². The molecule has 24 heavy (non-hydrogen) atoms. The van der Waals surface area contributed by atoms with E-state index in [0.717, 1.165) is 32.5 Å². The van der Waals surface area contributed by atoms with Crippen LogP contribution in [0.15, 0.2) is 42.0 Å². The number of amides is 2. The molecule has 130 valence electrons. The van der Waals surface area contributed by atoms with Crippen molar-refractivity contribution in [3.63, 3.8) is 0 Å². The molecule has 0 radical (unpaired) electrons. The number of piperidine rings is 1. The minimum Gasteiger partial charge on any atom is -0.352 e. The summed E-state index contributed by atoms with van der Waals surface area (Å²) in [6, 6.07) is 9.13. The van der Waals surface area contributed by atoms with E-state index in [2.05, 4.69) is 35.5 Å². The number of carbonyl (C=O) groups is 2. The number of allylic oxidation sites excluding steroid dienone is 1. The number of benzene rings is 1. The molecule has 2 N–H and O–H groups in total. The van der Waals surface area contributed by atoms with Crippen LogP contribution < -0.4 is 10.6 Å². The third-order valence-corrected chi connectivity index (χ3v) is 4.16. The molecule has 5 nitrogen and oxygen atoms in total. The Morgan fingerprint density at radius 3 is 2.46 bits per heavy atom. The van der Waals surface area contributed by atoms with E-state index in [0.29, 0.717) is 5.56 Å². The fraction of sp³-hybridized carbons (Fsp3) is 0.474. The van der Waals surface area contributed by atoms with Crippen LogP contribution in [0.3, 0.4) is 0 Å². The van der Waals surface area contributed by atoms with Crippen molar-refractivity contribution in [2.24, 2.45) is 0 Å². The fourth-order valence-electron chi connectivity index (χ4n) is 2.70. The van der Waals surface area contributed by atoms with Crippen LogP contribution in [0.5, 0.6) is 0 Å². The summed E-state index contributed by atoms with van der Waals surface area (Å²) in [6.07, 6.45) is 4.14. The molecule has 5 heteroatoms. The van der Waals surface area contributed by atoms with Crippen LogP contribution in [0.1, 0.15) is 37.0 Å². The van der Waals surface area contributed by atoms with Gasteiger partial charge in [-0.3, -0.25) is 14.5 Å². The van der Waals surface area contributed by atoms with Crippen LogP contribution >= 0.6 is 0 Å². The van der Waals surface area contributed by atoms with Crippen molar-refractivity contribution >= 4 is 11.8 Å². The molecule has 0 spiro atoms. The summed E-state index contributed by atoms with van der Waals surface area (Å²) >= 11 is 0. The summed E-state index contributed by atoms with van der Waals surface area (Å²) in [5.74, 6) is -0.343. The molecule has 1 fully saturated rings. The summed E-state index contributed by atoms with van der Waals surface area (Å²) < 4.78 is 0. The largest absolute Gasteiger partial charge is 0.352 e. The SMILES string of the molecule is CC(C)=CCN1CCC(NC(=O)CNC(=O)c2ccccc2)CC1. The molecule has 1 aliphatic rings. The van der Waals surface area contributed by atoms with Gasteiger partial charge in [-0.05, 0) is 38.8 Å². The summed E-state index contributed by atoms with van der Waals surface area (Å²) in [7, 11) is 0. The summed E-state index contributed by atoms with van der Waals surface area (Å²) in [5, 5.41) is 5.68. The van der Waals surface area contributed by atoms with E-state index in [4.69, 9.17) is 0 Å². The normalized spacial score (nSPS) is 15.6. The predicted octanol–water partition coefficient (Wildman–Crippen LogP) is 1.96. The predicted molar refractivity (Wildman–Crippen MR) is 95.8 cm³/mol. The molecule has 0 aromatic heterocycles. The zero-order chi connectivity index (χ0) is 17.4. The minimum absolute atomic E-state index is 0.0196. The first-order valence-corrected chi connectivity index (χ1v) is 8.53. The van der Waals surface area contributed by atoms with Crippen molar-refractivity contribution in [1.82, 2.24) is 15.5 Å². The van der Waals surface area contributed by atoms with E-state index in [-0.39, 0.29) is 24.4 Å². The first-order valence-electron chi connectivity index (χ1n) is 8.53. The first-order chi connectivity index (χ1) is 11.5. The zero-order valence-electron chi connectivity index (χ0n) is 14.5. The lowest BCUT2D eigenvalue weighted by molar-refractivity contribution is -0.121. The van der Waals surface area contributed by atoms with E-state index in [9.17, 15) is 9.59 Å². The van der Waals surface area contributed by atoms with Crippen molar-refractivity contribution < 1.29 is 9.59 Å². The Bertz CT molecular complexity index is 572. The van der Waals surface area contributed by atoms with Gasteiger partial charge >= 0.3 is 0 Å². The maximum atomic E-state index is 12.0. The first kappa shape index (κ1) is 18.2. The second-order valence-electron chi connectivity index (χ2n) is 6.47. The third kappa shape index (κ3) is 6.16. The number of carbonyl (C=O) groups excluding carboxylic acids is 2. The average molecular weight is 329 g/mol. The van der Waals surface area contributed by atoms with Gasteiger partial charge in [0.15, 0.2) is 0 Å². The van der Waals surface area contributed by atoms with Crippen LogP contribution in [0, 0.1) is 0 Å².